The first-order valence-electron chi connectivity index (χ1n) is 9.52. The van der Waals surface area contributed by atoms with Gasteiger partial charge in [0.05, 0.1) is 11.7 Å². The monoisotopic (exact) mass is 464 g/mol. The molecule has 7 heteroatoms. The van der Waals surface area contributed by atoms with Crippen molar-refractivity contribution < 1.29 is 13.2 Å². The minimum Gasteiger partial charge on any atom is -0.326 e. The number of carbonyl (C=O) groups excluding carboxylic acids is 1. The third-order valence-corrected chi connectivity index (χ3v) is 7.37. The van der Waals surface area contributed by atoms with Gasteiger partial charge in [-0.15, -0.1) is 0 Å². The fraction of sp³-hybridized carbons (Fsp3) is 0.381. The predicted molar refractivity (Wildman–Crippen MR) is 116 cm³/mol. The Morgan fingerprint density at radius 2 is 1.93 bits per heavy atom. The second-order valence-corrected chi connectivity index (χ2v) is 10.1. The molecule has 1 N–H and O–H groups in total. The molecular formula is C21H25BrN2O3S. The van der Waals surface area contributed by atoms with Gasteiger partial charge in [-0.2, -0.15) is 0 Å². The largest absolute Gasteiger partial charge is 0.326 e. The first-order valence-corrected chi connectivity index (χ1v) is 11.9. The standard InChI is InChI=1S/C21H25BrN2O3S/c22-19-11-4-12-20(15-19)23-21(25)18-10-5-13-24(16-18)28(26,27)14-6-9-17-7-2-1-3-8-17/h1-4,7-8,11-12,15,18H,5-6,9-10,13-14,16H2,(H,23,25)/t18-/m1/s1. The molecular weight excluding hydrogens is 440 g/mol. The van der Waals surface area contributed by atoms with Crippen molar-refractivity contribution in [3.8, 4) is 0 Å². The van der Waals surface area contributed by atoms with Gasteiger partial charge in [-0.3, -0.25) is 4.79 Å². The maximum absolute atomic E-state index is 12.7. The minimum atomic E-state index is -3.35. The molecule has 1 aliphatic heterocycles. The molecule has 2 aromatic carbocycles. The summed E-state index contributed by atoms with van der Waals surface area (Å²) < 4.78 is 27.8. The van der Waals surface area contributed by atoms with Gasteiger partial charge in [0, 0.05) is 23.2 Å². The number of nitrogens with zero attached hydrogens (tertiary/aromatic N) is 1. The number of piperidine rings is 1. The summed E-state index contributed by atoms with van der Waals surface area (Å²) in [5.41, 5.74) is 1.85. The van der Waals surface area contributed by atoms with Crippen LogP contribution in [0.3, 0.4) is 0 Å². The van der Waals surface area contributed by atoms with E-state index in [4.69, 9.17) is 0 Å². The molecule has 0 spiro atoms. The van der Waals surface area contributed by atoms with E-state index >= 15 is 0 Å². The summed E-state index contributed by atoms with van der Waals surface area (Å²) in [6, 6.07) is 17.3. The van der Waals surface area contributed by atoms with Gasteiger partial charge in [0.1, 0.15) is 0 Å². The molecule has 0 saturated carbocycles. The number of sulfonamides is 1. The van der Waals surface area contributed by atoms with Gasteiger partial charge < -0.3 is 5.32 Å². The Labute approximate surface area is 175 Å². The van der Waals surface area contributed by atoms with Crippen molar-refractivity contribution in [1.82, 2.24) is 4.31 Å². The second kappa shape index (κ2) is 9.67. The maximum Gasteiger partial charge on any atom is 0.228 e. The Kier molecular flexibility index (Phi) is 7.26. The summed E-state index contributed by atoms with van der Waals surface area (Å²) in [6.45, 7) is 0.752. The fourth-order valence-corrected chi connectivity index (χ4v) is 5.43. The first kappa shape index (κ1) is 21.0. The zero-order chi connectivity index (χ0) is 20.0. The van der Waals surface area contributed by atoms with E-state index in [1.165, 1.54) is 4.31 Å². The number of halogens is 1. The molecule has 0 unspecified atom stereocenters. The highest BCUT2D eigenvalue weighted by Crippen LogP contribution is 2.23. The van der Waals surface area contributed by atoms with Gasteiger partial charge in [-0.25, -0.2) is 12.7 Å². The van der Waals surface area contributed by atoms with Crippen molar-refractivity contribution >= 4 is 37.5 Å². The van der Waals surface area contributed by atoms with Crippen LogP contribution in [-0.2, 0) is 21.2 Å². The van der Waals surface area contributed by atoms with E-state index < -0.39 is 10.0 Å². The highest BCUT2D eigenvalue weighted by Gasteiger charge is 2.32. The lowest BCUT2D eigenvalue weighted by Gasteiger charge is -2.31. The number of carbonyl (C=O) groups is 1. The van der Waals surface area contributed by atoms with Crippen molar-refractivity contribution in [2.24, 2.45) is 5.92 Å². The summed E-state index contributed by atoms with van der Waals surface area (Å²) in [6.07, 6.45) is 2.73. The fourth-order valence-electron chi connectivity index (χ4n) is 3.45. The van der Waals surface area contributed by atoms with Crippen molar-refractivity contribution in [3.63, 3.8) is 0 Å². The molecule has 0 aliphatic carbocycles. The lowest BCUT2D eigenvalue weighted by atomic mass is 9.99. The normalized spacial score (nSPS) is 18.0. The maximum atomic E-state index is 12.7. The molecule has 1 atom stereocenters. The Hall–Kier alpha value is -1.70. The number of nitrogens with one attached hydrogen (secondary N) is 1. The van der Waals surface area contributed by atoms with Gasteiger partial charge in [0.25, 0.3) is 0 Å². The van der Waals surface area contributed by atoms with Crippen molar-refractivity contribution in [2.45, 2.75) is 25.7 Å². The zero-order valence-corrected chi connectivity index (χ0v) is 18.1. The molecule has 150 valence electrons. The predicted octanol–water partition coefficient (Wildman–Crippen LogP) is 4.06. The molecule has 28 heavy (non-hydrogen) atoms. The number of anilines is 1. The topological polar surface area (TPSA) is 66.5 Å². The smallest absolute Gasteiger partial charge is 0.228 e. The van der Waals surface area contributed by atoms with E-state index in [2.05, 4.69) is 21.2 Å². The van der Waals surface area contributed by atoms with E-state index in [0.29, 0.717) is 31.5 Å². The van der Waals surface area contributed by atoms with Crippen molar-refractivity contribution in [1.29, 1.82) is 0 Å². The third kappa shape index (κ3) is 5.90. The van der Waals surface area contributed by atoms with Crippen LogP contribution in [0.5, 0.6) is 0 Å². The average Bonchev–Trinajstić information content (AvgIpc) is 2.69. The number of amides is 1. The Morgan fingerprint density at radius 1 is 1.14 bits per heavy atom. The van der Waals surface area contributed by atoms with E-state index in [-0.39, 0.29) is 24.1 Å². The van der Waals surface area contributed by atoms with Crippen LogP contribution in [0.15, 0.2) is 59.1 Å². The Balaban J connectivity index is 1.54. The van der Waals surface area contributed by atoms with Crippen LogP contribution in [0.25, 0.3) is 0 Å². The van der Waals surface area contributed by atoms with E-state index in [1.807, 2.05) is 54.6 Å². The number of benzene rings is 2. The highest BCUT2D eigenvalue weighted by atomic mass is 79.9. The Morgan fingerprint density at radius 3 is 2.68 bits per heavy atom. The number of hydrogen-bond donors (Lipinski definition) is 1. The lowest BCUT2D eigenvalue weighted by Crippen LogP contribution is -2.44. The molecule has 2 aromatic rings. The molecule has 1 aliphatic rings. The molecule has 1 saturated heterocycles. The van der Waals surface area contributed by atoms with E-state index in [1.54, 1.807) is 0 Å². The summed E-state index contributed by atoms with van der Waals surface area (Å²) in [5.74, 6) is -0.332. The first-order chi connectivity index (χ1) is 13.4. The third-order valence-electron chi connectivity index (χ3n) is 4.95. The van der Waals surface area contributed by atoms with Crippen LogP contribution in [0.1, 0.15) is 24.8 Å². The van der Waals surface area contributed by atoms with Crippen LogP contribution < -0.4 is 5.32 Å². The number of hydrogen-bond acceptors (Lipinski definition) is 3. The molecule has 0 bridgehead atoms. The molecule has 1 fully saturated rings. The quantitative estimate of drug-likeness (QED) is 0.671. The summed E-state index contributed by atoms with van der Waals surface area (Å²) in [5, 5.41) is 2.90. The minimum absolute atomic E-state index is 0.113. The van der Waals surface area contributed by atoms with Gasteiger partial charge in [-0.1, -0.05) is 52.3 Å². The van der Waals surface area contributed by atoms with E-state index in [0.717, 1.165) is 16.5 Å². The van der Waals surface area contributed by atoms with Crippen LogP contribution in [0.2, 0.25) is 0 Å². The summed E-state index contributed by atoms with van der Waals surface area (Å²) in [4.78, 5) is 12.6. The van der Waals surface area contributed by atoms with Crippen molar-refractivity contribution in [2.75, 3.05) is 24.2 Å². The van der Waals surface area contributed by atoms with E-state index in [9.17, 15) is 13.2 Å². The molecule has 0 radical (unpaired) electrons. The number of aryl methyl sites for hydroxylation is 1. The SMILES string of the molecule is O=C(Nc1cccc(Br)c1)[C@@H]1CCCN(S(=O)(=O)CCCc2ccccc2)C1. The molecule has 1 amide bonds. The molecule has 1 heterocycles. The van der Waals surface area contributed by atoms with Gasteiger partial charge in [0.2, 0.25) is 15.9 Å². The molecule has 5 nitrogen and oxygen atoms in total. The van der Waals surface area contributed by atoms with Crippen LogP contribution in [0, 0.1) is 5.92 Å². The average molecular weight is 465 g/mol. The van der Waals surface area contributed by atoms with Crippen molar-refractivity contribution in [3.05, 3.63) is 64.6 Å². The van der Waals surface area contributed by atoms with Crippen LogP contribution in [-0.4, -0.2) is 37.5 Å². The van der Waals surface area contributed by atoms with Gasteiger partial charge in [0.15, 0.2) is 0 Å². The summed E-state index contributed by atoms with van der Waals surface area (Å²) >= 11 is 3.39. The second-order valence-electron chi connectivity index (χ2n) is 7.10. The van der Waals surface area contributed by atoms with Gasteiger partial charge in [-0.05, 0) is 49.4 Å². The summed E-state index contributed by atoms with van der Waals surface area (Å²) in [7, 11) is -3.35. The molecule has 0 aromatic heterocycles. The van der Waals surface area contributed by atoms with Crippen LogP contribution in [0.4, 0.5) is 5.69 Å². The lowest BCUT2D eigenvalue weighted by molar-refractivity contribution is -0.120. The number of rotatable bonds is 7. The molecule has 3 rings (SSSR count). The van der Waals surface area contributed by atoms with Gasteiger partial charge >= 0.3 is 0 Å². The zero-order valence-electron chi connectivity index (χ0n) is 15.7. The van der Waals surface area contributed by atoms with Crippen LogP contribution >= 0.6 is 15.9 Å². The highest BCUT2D eigenvalue weighted by molar-refractivity contribution is 9.10. The Bertz CT molecular complexity index is 903.